The van der Waals surface area contributed by atoms with Crippen molar-refractivity contribution in [3.8, 4) is 5.75 Å². The van der Waals surface area contributed by atoms with Crippen LogP contribution in [0, 0.1) is 13.8 Å². The third-order valence-corrected chi connectivity index (χ3v) is 6.79. The SMILES string of the molecule is Cc1ccc2c(c1)c1c3n2CC[NH+](C[C@H](O)COc2ccccc2C)[C@@H]3CCC1. The minimum absolute atomic E-state index is 0.357. The molecule has 152 valence electrons. The molecule has 0 bridgehead atoms. The van der Waals surface area contributed by atoms with Gasteiger partial charge in [-0.15, -0.1) is 0 Å². The molecule has 29 heavy (non-hydrogen) atoms. The lowest BCUT2D eigenvalue weighted by molar-refractivity contribution is -0.939. The standard InChI is InChI=1S/C25H30N2O2/c1-17-10-11-22-21(14-17)20-7-5-8-23-25(20)27(22)13-12-26(23)15-19(28)16-29-24-9-4-3-6-18(24)2/h3-4,6,9-11,14,19,23,28H,5,7-8,12-13,15-16H2,1-2H3/p+1/t19-,23+/m0/s1. The molecule has 1 aromatic heterocycles. The molecule has 2 aliphatic rings. The molecule has 1 unspecified atom stereocenters. The highest BCUT2D eigenvalue weighted by atomic mass is 16.5. The summed E-state index contributed by atoms with van der Waals surface area (Å²) in [7, 11) is 0. The van der Waals surface area contributed by atoms with Crippen molar-refractivity contribution >= 4 is 10.9 Å². The van der Waals surface area contributed by atoms with E-state index in [9.17, 15) is 5.11 Å². The Morgan fingerprint density at radius 2 is 2.07 bits per heavy atom. The number of para-hydroxylation sites is 1. The molecule has 5 rings (SSSR count). The van der Waals surface area contributed by atoms with Crippen LogP contribution in [0.5, 0.6) is 5.75 Å². The Balaban J connectivity index is 1.35. The van der Waals surface area contributed by atoms with Crippen LogP contribution in [0.15, 0.2) is 42.5 Å². The van der Waals surface area contributed by atoms with E-state index in [1.165, 1.54) is 46.3 Å². The highest BCUT2D eigenvalue weighted by Crippen LogP contribution is 2.37. The maximum Gasteiger partial charge on any atom is 0.137 e. The van der Waals surface area contributed by atoms with E-state index in [1.807, 2.05) is 31.2 Å². The molecular formula is C25H31N2O2+. The predicted octanol–water partition coefficient (Wildman–Crippen LogP) is 2.97. The number of hydrogen-bond donors (Lipinski definition) is 2. The topological polar surface area (TPSA) is 38.8 Å². The predicted molar refractivity (Wildman–Crippen MR) is 116 cm³/mol. The van der Waals surface area contributed by atoms with Gasteiger partial charge in [0.1, 0.15) is 31.0 Å². The Bertz CT molecular complexity index is 1040. The number of aryl methyl sites for hydroxylation is 3. The van der Waals surface area contributed by atoms with Crippen molar-refractivity contribution < 1.29 is 14.7 Å². The summed E-state index contributed by atoms with van der Waals surface area (Å²) in [6, 6.07) is 15.4. The first-order chi connectivity index (χ1) is 14.1. The van der Waals surface area contributed by atoms with Crippen molar-refractivity contribution in [1.29, 1.82) is 0 Å². The quantitative estimate of drug-likeness (QED) is 0.702. The zero-order valence-corrected chi connectivity index (χ0v) is 17.4. The van der Waals surface area contributed by atoms with Crippen LogP contribution < -0.4 is 9.64 Å². The summed E-state index contributed by atoms with van der Waals surface area (Å²) >= 11 is 0. The first kappa shape index (κ1) is 18.7. The van der Waals surface area contributed by atoms with Crippen LogP contribution >= 0.6 is 0 Å². The number of aliphatic hydroxyl groups excluding tert-OH is 1. The van der Waals surface area contributed by atoms with Crippen LogP contribution in [0.3, 0.4) is 0 Å². The van der Waals surface area contributed by atoms with Gasteiger partial charge in [0.05, 0.1) is 18.8 Å². The molecule has 4 heteroatoms. The van der Waals surface area contributed by atoms with Gasteiger partial charge in [-0.05, 0) is 56.0 Å². The van der Waals surface area contributed by atoms with E-state index in [0.717, 1.165) is 30.9 Å². The molecule has 0 saturated carbocycles. The summed E-state index contributed by atoms with van der Waals surface area (Å²) < 4.78 is 8.47. The van der Waals surface area contributed by atoms with E-state index in [1.54, 1.807) is 5.56 Å². The lowest BCUT2D eigenvalue weighted by Gasteiger charge is -2.37. The van der Waals surface area contributed by atoms with Gasteiger partial charge in [-0.25, -0.2) is 0 Å². The second kappa shape index (κ2) is 7.51. The van der Waals surface area contributed by atoms with E-state index >= 15 is 0 Å². The third-order valence-electron chi connectivity index (χ3n) is 6.79. The molecule has 2 aromatic carbocycles. The average Bonchev–Trinajstić information content (AvgIpc) is 3.04. The monoisotopic (exact) mass is 391 g/mol. The number of quaternary nitrogens is 1. The number of hydrogen-bond acceptors (Lipinski definition) is 2. The third kappa shape index (κ3) is 3.34. The van der Waals surface area contributed by atoms with Gasteiger partial charge in [0, 0.05) is 17.3 Å². The fraction of sp³-hybridized carbons (Fsp3) is 0.440. The van der Waals surface area contributed by atoms with Crippen LogP contribution in [0.1, 0.15) is 41.3 Å². The number of ether oxygens (including phenoxy) is 1. The van der Waals surface area contributed by atoms with Gasteiger partial charge in [0.25, 0.3) is 0 Å². The molecule has 0 saturated heterocycles. The first-order valence-electron chi connectivity index (χ1n) is 10.9. The summed E-state index contributed by atoms with van der Waals surface area (Å²) in [6.07, 6.45) is 3.19. The number of benzene rings is 2. The molecule has 0 spiro atoms. The van der Waals surface area contributed by atoms with Crippen LogP contribution in [0.25, 0.3) is 10.9 Å². The number of aromatic nitrogens is 1. The van der Waals surface area contributed by atoms with Crippen LogP contribution in [0.2, 0.25) is 0 Å². The van der Waals surface area contributed by atoms with Gasteiger partial charge >= 0.3 is 0 Å². The van der Waals surface area contributed by atoms with E-state index in [0.29, 0.717) is 12.6 Å². The fourth-order valence-corrected chi connectivity index (χ4v) is 5.42. The number of nitrogens with one attached hydrogen (secondary N) is 1. The van der Waals surface area contributed by atoms with Crippen molar-refractivity contribution in [2.75, 3.05) is 19.7 Å². The van der Waals surface area contributed by atoms with Crippen molar-refractivity contribution in [1.82, 2.24) is 4.57 Å². The van der Waals surface area contributed by atoms with Crippen LogP contribution in [0.4, 0.5) is 0 Å². The van der Waals surface area contributed by atoms with Gasteiger partial charge in [-0.1, -0.05) is 29.8 Å². The smallest absolute Gasteiger partial charge is 0.137 e. The van der Waals surface area contributed by atoms with E-state index in [2.05, 4.69) is 29.7 Å². The van der Waals surface area contributed by atoms with E-state index in [4.69, 9.17) is 4.74 Å². The zero-order chi connectivity index (χ0) is 20.0. The summed E-state index contributed by atoms with van der Waals surface area (Å²) in [5, 5.41) is 12.2. The molecule has 1 aliphatic carbocycles. The minimum atomic E-state index is -0.451. The van der Waals surface area contributed by atoms with Gasteiger partial charge in [-0.2, -0.15) is 0 Å². The van der Waals surface area contributed by atoms with Crippen LogP contribution in [-0.2, 0) is 13.0 Å². The Morgan fingerprint density at radius 3 is 2.93 bits per heavy atom. The van der Waals surface area contributed by atoms with Crippen molar-refractivity contribution in [2.45, 2.75) is 51.8 Å². The molecule has 0 fully saturated rings. The molecule has 0 amide bonds. The maximum atomic E-state index is 10.7. The molecular weight excluding hydrogens is 360 g/mol. The molecule has 1 aliphatic heterocycles. The molecule has 3 aromatic rings. The highest BCUT2D eigenvalue weighted by Gasteiger charge is 2.38. The fourth-order valence-electron chi connectivity index (χ4n) is 5.42. The normalized spacial score (nSPS) is 21.8. The van der Waals surface area contributed by atoms with E-state index in [-0.39, 0.29) is 0 Å². The second-order valence-electron chi connectivity index (χ2n) is 8.82. The molecule has 3 atom stereocenters. The van der Waals surface area contributed by atoms with Crippen molar-refractivity contribution in [3.63, 3.8) is 0 Å². The summed E-state index contributed by atoms with van der Waals surface area (Å²) in [4.78, 5) is 1.51. The molecule has 0 radical (unpaired) electrons. The number of rotatable bonds is 5. The maximum absolute atomic E-state index is 10.7. The highest BCUT2D eigenvalue weighted by molar-refractivity contribution is 5.86. The zero-order valence-electron chi connectivity index (χ0n) is 17.4. The van der Waals surface area contributed by atoms with Gasteiger partial charge in [-0.3, -0.25) is 0 Å². The number of aliphatic hydroxyl groups is 1. The van der Waals surface area contributed by atoms with E-state index < -0.39 is 6.10 Å². The largest absolute Gasteiger partial charge is 0.490 e. The van der Waals surface area contributed by atoms with Crippen molar-refractivity contribution in [2.24, 2.45) is 0 Å². The molecule has 2 heterocycles. The van der Waals surface area contributed by atoms with Crippen molar-refractivity contribution in [3.05, 3.63) is 64.8 Å². The van der Waals surface area contributed by atoms with Crippen LogP contribution in [-0.4, -0.2) is 35.5 Å². The molecule has 2 N–H and O–H groups in total. The van der Waals surface area contributed by atoms with Gasteiger partial charge in [0.15, 0.2) is 0 Å². The van der Waals surface area contributed by atoms with Gasteiger partial charge < -0.3 is 19.3 Å². The lowest BCUT2D eigenvalue weighted by atomic mass is 9.89. The Hall–Kier alpha value is -2.30. The summed E-state index contributed by atoms with van der Waals surface area (Å²) in [5.74, 6) is 0.871. The lowest BCUT2D eigenvalue weighted by Crippen LogP contribution is -3.14. The average molecular weight is 392 g/mol. The summed E-state index contributed by atoms with van der Waals surface area (Å²) in [6.45, 7) is 7.43. The summed E-state index contributed by atoms with van der Waals surface area (Å²) in [5.41, 5.74) is 6.94. The minimum Gasteiger partial charge on any atom is -0.490 e. The Morgan fingerprint density at radius 1 is 1.21 bits per heavy atom. The van der Waals surface area contributed by atoms with Gasteiger partial charge in [0.2, 0.25) is 0 Å². The molecule has 4 nitrogen and oxygen atoms in total. The number of fused-ring (bicyclic) bond motifs is 3. The Labute approximate surface area is 172 Å². The number of nitrogens with zero attached hydrogens (tertiary/aromatic N) is 1. The second-order valence-corrected chi connectivity index (χ2v) is 8.82. The first-order valence-corrected chi connectivity index (χ1v) is 10.9. The Kier molecular flexibility index (Phi) is 4.84.